The summed E-state index contributed by atoms with van der Waals surface area (Å²) in [4.78, 5) is 17.0. The highest BCUT2D eigenvalue weighted by Crippen LogP contribution is 2.17. The number of carbonyl (C=O) groups excluding carboxylic acids is 1. The van der Waals surface area contributed by atoms with E-state index in [2.05, 4.69) is 4.98 Å². The van der Waals surface area contributed by atoms with Gasteiger partial charge in [-0.1, -0.05) is 30.3 Å². The zero-order valence-corrected chi connectivity index (χ0v) is 10.9. The van der Waals surface area contributed by atoms with Crippen molar-refractivity contribution in [3.8, 4) is 0 Å². The Morgan fingerprint density at radius 2 is 1.84 bits per heavy atom. The molecule has 3 rings (SSSR count). The maximum Gasteiger partial charge on any atom is 0.211 e. The van der Waals surface area contributed by atoms with Gasteiger partial charge in [0, 0.05) is 11.8 Å². The Kier molecular flexibility index (Phi) is 2.67. The molecule has 0 N–H and O–H groups in total. The molecule has 0 unspecified atom stereocenters. The molecule has 0 aliphatic rings. The van der Waals surface area contributed by atoms with Crippen molar-refractivity contribution in [1.29, 1.82) is 0 Å². The van der Waals surface area contributed by atoms with Gasteiger partial charge in [0.15, 0.2) is 0 Å². The number of imidazole rings is 1. The van der Waals surface area contributed by atoms with Crippen LogP contribution in [0, 0.1) is 13.8 Å². The lowest BCUT2D eigenvalue weighted by molar-refractivity contribution is 0.103. The van der Waals surface area contributed by atoms with Gasteiger partial charge in [-0.3, -0.25) is 9.20 Å². The second kappa shape index (κ2) is 4.35. The van der Waals surface area contributed by atoms with E-state index in [0.717, 1.165) is 16.9 Å². The molecule has 0 spiro atoms. The van der Waals surface area contributed by atoms with Crippen molar-refractivity contribution in [2.75, 3.05) is 0 Å². The molecule has 2 heterocycles. The van der Waals surface area contributed by atoms with Crippen LogP contribution in [0.2, 0.25) is 0 Å². The molecule has 0 saturated heterocycles. The number of carbonyl (C=O) groups is 1. The number of pyridine rings is 1. The predicted octanol–water partition coefficient (Wildman–Crippen LogP) is 3.18. The zero-order chi connectivity index (χ0) is 13.4. The minimum atomic E-state index is 0.00875. The first kappa shape index (κ1) is 11.7. The summed E-state index contributed by atoms with van der Waals surface area (Å²) < 4.78 is 1.86. The van der Waals surface area contributed by atoms with Gasteiger partial charge >= 0.3 is 0 Å². The number of hydrogen-bond acceptors (Lipinski definition) is 2. The molecule has 0 aliphatic heterocycles. The number of hydrogen-bond donors (Lipinski definition) is 0. The van der Waals surface area contributed by atoms with Crippen LogP contribution in [0.1, 0.15) is 27.3 Å². The van der Waals surface area contributed by atoms with Crippen molar-refractivity contribution in [1.82, 2.24) is 9.38 Å². The molecular formula is C16H14N2O. The first-order valence-corrected chi connectivity index (χ1v) is 6.22. The lowest BCUT2D eigenvalue weighted by Gasteiger charge is -2.03. The average molecular weight is 250 g/mol. The maximum atomic E-state index is 12.6. The standard InChI is InChI=1S/C16H14N2O/c1-11-8-9-18-14(10-11)17-12(2)15(18)16(19)13-6-4-3-5-7-13/h3-10H,1-2H3. The highest BCUT2D eigenvalue weighted by Gasteiger charge is 2.17. The van der Waals surface area contributed by atoms with E-state index in [-0.39, 0.29) is 5.78 Å². The first-order chi connectivity index (χ1) is 9.16. The number of aryl methyl sites for hydroxylation is 2. The van der Waals surface area contributed by atoms with Crippen molar-refractivity contribution in [3.63, 3.8) is 0 Å². The van der Waals surface area contributed by atoms with Gasteiger partial charge in [-0.05, 0) is 31.5 Å². The van der Waals surface area contributed by atoms with Gasteiger partial charge in [0.05, 0.1) is 5.69 Å². The summed E-state index contributed by atoms with van der Waals surface area (Å²) >= 11 is 0. The fourth-order valence-corrected chi connectivity index (χ4v) is 2.26. The molecule has 0 fully saturated rings. The Hall–Kier alpha value is -2.42. The van der Waals surface area contributed by atoms with Crippen molar-refractivity contribution in [2.24, 2.45) is 0 Å². The number of ketones is 1. The van der Waals surface area contributed by atoms with Gasteiger partial charge in [0.25, 0.3) is 0 Å². The topological polar surface area (TPSA) is 34.4 Å². The van der Waals surface area contributed by atoms with Crippen LogP contribution in [0.25, 0.3) is 5.65 Å². The SMILES string of the molecule is Cc1ccn2c(C(=O)c3ccccc3)c(C)nc2c1. The van der Waals surface area contributed by atoms with Crippen molar-refractivity contribution < 1.29 is 4.79 Å². The molecule has 0 aliphatic carbocycles. The minimum Gasteiger partial charge on any atom is -0.296 e. The van der Waals surface area contributed by atoms with Gasteiger partial charge < -0.3 is 0 Å². The Bertz CT molecular complexity index is 757. The predicted molar refractivity (Wildman–Crippen MR) is 74.5 cm³/mol. The monoisotopic (exact) mass is 250 g/mol. The lowest BCUT2D eigenvalue weighted by atomic mass is 10.1. The van der Waals surface area contributed by atoms with Crippen LogP contribution < -0.4 is 0 Å². The van der Waals surface area contributed by atoms with E-state index in [1.165, 1.54) is 0 Å². The Labute approximate surface area is 111 Å². The second-order valence-electron chi connectivity index (χ2n) is 4.67. The highest BCUT2D eigenvalue weighted by atomic mass is 16.1. The summed E-state index contributed by atoms with van der Waals surface area (Å²) in [5.74, 6) is 0.00875. The number of nitrogens with zero attached hydrogens (tertiary/aromatic N) is 2. The third-order valence-electron chi connectivity index (χ3n) is 3.21. The molecule has 1 aromatic carbocycles. The summed E-state index contributed by atoms with van der Waals surface area (Å²) in [5.41, 5.74) is 4.04. The van der Waals surface area contributed by atoms with Crippen LogP contribution in [-0.2, 0) is 0 Å². The third kappa shape index (κ3) is 1.93. The minimum absolute atomic E-state index is 0.00875. The molecule has 2 aromatic heterocycles. The van der Waals surface area contributed by atoms with Gasteiger partial charge in [-0.2, -0.15) is 0 Å². The molecular weight excluding hydrogens is 236 g/mol. The van der Waals surface area contributed by atoms with Gasteiger partial charge in [-0.15, -0.1) is 0 Å². The van der Waals surface area contributed by atoms with E-state index in [0.29, 0.717) is 11.3 Å². The quantitative estimate of drug-likeness (QED) is 0.655. The van der Waals surface area contributed by atoms with E-state index in [1.807, 2.05) is 66.9 Å². The molecule has 3 aromatic rings. The Morgan fingerprint density at radius 3 is 2.58 bits per heavy atom. The molecule has 0 amide bonds. The van der Waals surface area contributed by atoms with Gasteiger partial charge in [-0.25, -0.2) is 4.98 Å². The van der Waals surface area contributed by atoms with E-state index in [1.54, 1.807) is 0 Å². The van der Waals surface area contributed by atoms with Gasteiger partial charge in [0.2, 0.25) is 5.78 Å². The molecule has 0 saturated carbocycles. The van der Waals surface area contributed by atoms with Crippen molar-refractivity contribution in [3.05, 3.63) is 71.2 Å². The summed E-state index contributed by atoms with van der Waals surface area (Å²) in [5, 5.41) is 0. The number of fused-ring (bicyclic) bond motifs is 1. The molecule has 3 nitrogen and oxygen atoms in total. The fraction of sp³-hybridized carbons (Fsp3) is 0.125. The van der Waals surface area contributed by atoms with Crippen molar-refractivity contribution >= 4 is 11.4 Å². The average Bonchev–Trinajstić information content (AvgIpc) is 2.74. The van der Waals surface area contributed by atoms with E-state index >= 15 is 0 Å². The van der Waals surface area contributed by atoms with Gasteiger partial charge in [0.1, 0.15) is 11.3 Å². The van der Waals surface area contributed by atoms with Crippen LogP contribution >= 0.6 is 0 Å². The Balaban J connectivity index is 2.20. The van der Waals surface area contributed by atoms with Crippen LogP contribution in [-0.4, -0.2) is 15.2 Å². The largest absolute Gasteiger partial charge is 0.296 e. The summed E-state index contributed by atoms with van der Waals surface area (Å²) in [7, 11) is 0. The molecule has 0 bridgehead atoms. The highest BCUT2D eigenvalue weighted by molar-refractivity contribution is 6.09. The first-order valence-electron chi connectivity index (χ1n) is 6.22. The summed E-state index contributed by atoms with van der Waals surface area (Å²) in [6.07, 6.45) is 1.90. The van der Waals surface area contributed by atoms with Crippen LogP contribution in [0.15, 0.2) is 48.7 Å². The fourth-order valence-electron chi connectivity index (χ4n) is 2.26. The number of aromatic nitrogens is 2. The normalized spacial score (nSPS) is 10.8. The molecule has 19 heavy (non-hydrogen) atoms. The number of benzene rings is 1. The third-order valence-corrected chi connectivity index (χ3v) is 3.21. The smallest absolute Gasteiger partial charge is 0.211 e. The lowest BCUT2D eigenvalue weighted by Crippen LogP contribution is -2.06. The molecule has 0 atom stereocenters. The van der Waals surface area contributed by atoms with Crippen LogP contribution in [0.4, 0.5) is 0 Å². The molecule has 0 radical (unpaired) electrons. The van der Waals surface area contributed by atoms with Crippen molar-refractivity contribution in [2.45, 2.75) is 13.8 Å². The van der Waals surface area contributed by atoms with E-state index in [9.17, 15) is 4.79 Å². The van der Waals surface area contributed by atoms with Crippen LogP contribution in [0.5, 0.6) is 0 Å². The number of rotatable bonds is 2. The van der Waals surface area contributed by atoms with E-state index in [4.69, 9.17) is 0 Å². The van der Waals surface area contributed by atoms with Crippen LogP contribution in [0.3, 0.4) is 0 Å². The Morgan fingerprint density at radius 1 is 1.11 bits per heavy atom. The zero-order valence-electron chi connectivity index (χ0n) is 10.9. The summed E-state index contributed by atoms with van der Waals surface area (Å²) in [6.45, 7) is 3.89. The molecule has 3 heteroatoms. The second-order valence-corrected chi connectivity index (χ2v) is 4.67. The summed E-state index contributed by atoms with van der Waals surface area (Å²) in [6, 6.07) is 13.3. The maximum absolute atomic E-state index is 12.6. The van der Waals surface area contributed by atoms with E-state index < -0.39 is 0 Å². The molecule has 94 valence electrons.